The number of pyridine rings is 2. The van der Waals surface area contributed by atoms with Gasteiger partial charge in [-0.1, -0.05) is 126 Å². The van der Waals surface area contributed by atoms with Crippen LogP contribution in [0.3, 0.4) is 0 Å². The van der Waals surface area contributed by atoms with Crippen LogP contribution >= 0.6 is 0 Å². The van der Waals surface area contributed by atoms with Crippen molar-refractivity contribution in [2.45, 2.75) is 200 Å². The number of aliphatic hydroxyl groups excluding tert-OH is 2. The Bertz CT molecular complexity index is 4110. The van der Waals surface area contributed by atoms with Crippen LogP contribution in [0.1, 0.15) is 164 Å². The van der Waals surface area contributed by atoms with Crippen LogP contribution < -0.4 is 5.69 Å². The first-order chi connectivity index (χ1) is 46.3. The molecule has 1 saturated heterocycles. The predicted molar refractivity (Wildman–Crippen MR) is 375 cm³/mol. The van der Waals surface area contributed by atoms with E-state index in [0.29, 0.717) is 91.0 Å². The molecular weight excluding hydrogens is 1230 g/mol. The van der Waals surface area contributed by atoms with E-state index in [1.807, 2.05) is 138 Å². The Balaban J connectivity index is 1.10. The topological polar surface area (TPSA) is 274 Å². The number of hydrogen-bond donors (Lipinski definition) is 3. The quantitative estimate of drug-likeness (QED) is 0.0525. The van der Waals surface area contributed by atoms with E-state index in [0.717, 1.165) is 50.9 Å². The molecule has 3 aliphatic rings. The van der Waals surface area contributed by atoms with Crippen molar-refractivity contribution >= 4 is 62.1 Å². The van der Waals surface area contributed by atoms with Crippen LogP contribution in [0.5, 0.6) is 0 Å². The lowest BCUT2D eigenvalue weighted by Crippen LogP contribution is -2.57. The fourth-order valence-electron chi connectivity index (χ4n) is 14.5. The lowest BCUT2D eigenvalue weighted by Gasteiger charge is -2.37. The Hall–Kier alpha value is -8.41. The first-order valence-electron chi connectivity index (χ1n) is 34.5. The number of nitroso groups, excluding NO2 is 1. The summed E-state index contributed by atoms with van der Waals surface area (Å²) in [4.78, 5) is 112. The standard InChI is InChI=1S/C78H95N7O12/c1-47-20-12-11-13-21-48(2)64(85-66-45-81-63-36-29-55(57-41-56-23-15-16-24-62(56)80-44-57)42-61(63)69(66)84(76(85)93)59-32-30-58(31-33-59)77(8,9)46-79)25-17-14-22-53(7)78(94,82-95)73(90)74(91)83-37-19-18-26-65(83)75(92)97-68(50(4)40-54-27-34-60(86)35-28-54)43-67(87)49(3)39-52(6)71(89)72(96-10)70(88)51(5)38-47/h11-13,15-16,20-21,23-24,29-33,36,39,41-42,44-45,47,49-51,53-54,60,64-65,68,71-72,86,89,94H,14,17-19,22,25-28,34-35,37-38,40,43H2,1-10H3/b13-11+,20-12+,48-21-,52-39+/t47-,49-,50?,51-,53-,54-,60+,64-,65+,68+,71-,72+,78+/m1/s1. The van der Waals surface area contributed by atoms with Gasteiger partial charge in [0.2, 0.25) is 0 Å². The summed E-state index contributed by atoms with van der Waals surface area (Å²) in [5, 5.41) is 48.8. The second-order valence-corrected chi connectivity index (χ2v) is 28.3. The SMILES string of the molecule is CO[C@H]1C(=O)[C@H](C)C[C@H](C)/C=C/C=C/C=C(/C)[C@H](n2c(=O)n(-c3ccc(C(C)(C)C#N)cc3)c3c4cc(-c5cnc6ccccc6c5)ccc4ncc32)CCCC[C@@H](C)[C@@](O)(N=O)C(=O)C(=O)N2CCCC[C@H]2C(=O)O[C@H](C(C)C[C@H]2CC[C@@H](O)CC2)CC(=O)[C@H](C)/C=C(\C)[C@H]1O. The number of esters is 1. The Morgan fingerprint density at radius 1 is 0.804 bits per heavy atom. The van der Waals surface area contributed by atoms with Gasteiger partial charge in [-0.15, -0.1) is 4.91 Å². The number of allylic oxidation sites excluding steroid dienone is 7. The minimum atomic E-state index is -3.02. The van der Waals surface area contributed by atoms with E-state index in [1.165, 1.54) is 14.0 Å². The zero-order valence-electron chi connectivity index (χ0n) is 57.7. The number of methoxy groups -OCH3 is 1. The third-order valence-corrected chi connectivity index (χ3v) is 20.7. The number of amides is 1. The molecule has 514 valence electrons. The Morgan fingerprint density at radius 2 is 1.49 bits per heavy atom. The molecule has 19 heteroatoms. The van der Waals surface area contributed by atoms with Gasteiger partial charge in [0.05, 0.1) is 57.6 Å². The van der Waals surface area contributed by atoms with Gasteiger partial charge in [0.25, 0.3) is 17.4 Å². The number of piperidine rings is 1. The minimum Gasteiger partial charge on any atom is -0.460 e. The minimum absolute atomic E-state index is 0.0434. The third-order valence-electron chi connectivity index (χ3n) is 20.7. The van der Waals surface area contributed by atoms with Gasteiger partial charge < -0.3 is 29.7 Å². The number of ether oxygens (including phenoxy) is 2. The number of nitrogens with zero attached hydrogens (tertiary/aromatic N) is 7. The van der Waals surface area contributed by atoms with Gasteiger partial charge in [-0.3, -0.25) is 38.3 Å². The number of hydrogen-bond acceptors (Lipinski definition) is 16. The van der Waals surface area contributed by atoms with E-state index >= 15 is 4.79 Å². The van der Waals surface area contributed by atoms with E-state index in [1.54, 1.807) is 42.2 Å². The Morgan fingerprint density at radius 3 is 2.21 bits per heavy atom. The van der Waals surface area contributed by atoms with Crippen LogP contribution in [-0.4, -0.2) is 118 Å². The number of cyclic esters (lactones) is 1. The van der Waals surface area contributed by atoms with Crippen molar-refractivity contribution in [1.29, 1.82) is 5.26 Å². The number of aromatic nitrogens is 4. The molecule has 0 bridgehead atoms. The number of aliphatic hydroxyl groups is 3. The largest absolute Gasteiger partial charge is 0.460 e. The molecule has 97 heavy (non-hydrogen) atoms. The van der Waals surface area contributed by atoms with Crippen molar-refractivity contribution in [3.8, 4) is 22.9 Å². The molecule has 3 aromatic heterocycles. The number of imidazole rings is 1. The van der Waals surface area contributed by atoms with E-state index < -0.39 is 83.1 Å². The maximum atomic E-state index is 15.8. The average Bonchev–Trinajstić information content (AvgIpc) is 1.59. The number of fused-ring (bicyclic) bond motifs is 5. The lowest BCUT2D eigenvalue weighted by molar-refractivity contribution is -0.169. The Labute approximate surface area is 568 Å². The van der Waals surface area contributed by atoms with Gasteiger partial charge in [0, 0.05) is 60.4 Å². The molecular formula is C78H95N7O12. The van der Waals surface area contributed by atoms with Crippen molar-refractivity contribution in [2.75, 3.05) is 13.7 Å². The zero-order valence-corrected chi connectivity index (χ0v) is 57.7. The van der Waals surface area contributed by atoms with Crippen LogP contribution in [0.4, 0.5) is 0 Å². The molecule has 3 N–H and O–H groups in total. The fraction of sp³-hybridized carbons (Fsp3) is 0.500. The molecule has 2 fully saturated rings. The second-order valence-electron chi connectivity index (χ2n) is 28.3. The maximum absolute atomic E-state index is 15.8. The first-order valence-corrected chi connectivity index (χ1v) is 34.5. The molecule has 0 spiro atoms. The number of rotatable bonds is 9. The Kier molecular flexibility index (Phi) is 23.9. The van der Waals surface area contributed by atoms with E-state index in [2.05, 4.69) is 17.3 Å². The lowest BCUT2D eigenvalue weighted by atomic mass is 9.79. The third kappa shape index (κ3) is 16.4. The summed E-state index contributed by atoms with van der Waals surface area (Å²) >= 11 is 0. The molecule has 19 nitrogen and oxygen atoms in total. The normalized spacial score (nSPS) is 29.3. The van der Waals surface area contributed by atoms with Gasteiger partial charge in [0.1, 0.15) is 30.1 Å². The molecule has 2 aliphatic heterocycles. The van der Waals surface area contributed by atoms with Crippen molar-refractivity contribution in [1.82, 2.24) is 24.0 Å². The molecule has 1 unspecified atom stereocenters. The maximum Gasteiger partial charge on any atom is 0.334 e. The van der Waals surface area contributed by atoms with Crippen LogP contribution in [0.2, 0.25) is 0 Å². The molecule has 0 radical (unpaired) electrons. The highest BCUT2D eigenvalue weighted by molar-refractivity contribution is 6.39. The number of Topliss-reactive ketones (excluding diaryl/α,β-unsaturated/α-hetero) is 3. The molecule has 11 atom stereocenters. The monoisotopic (exact) mass is 1320 g/mol. The molecule has 1 aliphatic carbocycles. The summed E-state index contributed by atoms with van der Waals surface area (Å²) in [6.45, 7) is 16.0. The summed E-state index contributed by atoms with van der Waals surface area (Å²) in [5.41, 5.74) is 2.54. The van der Waals surface area contributed by atoms with Gasteiger partial charge in [-0.2, -0.15) is 5.26 Å². The van der Waals surface area contributed by atoms with Crippen LogP contribution in [0, 0.1) is 51.7 Å². The molecule has 1 amide bonds. The summed E-state index contributed by atoms with van der Waals surface area (Å²) in [6.07, 6.45) is 16.2. The highest BCUT2D eigenvalue weighted by Crippen LogP contribution is 2.38. The number of carbonyl (C=O) groups excluding carboxylic acids is 5. The predicted octanol–water partition coefficient (Wildman–Crippen LogP) is 13.2. The fourth-order valence-corrected chi connectivity index (χ4v) is 14.5. The number of ketones is 3. The average molecular weight is 1320 g/mol. The van der Waals surface area contributed by atoms with Crippen molar-refractivity contribution in [3.63, 3.8) is 0 Å². The molecule has 9 rings (SSSR count). The van der Waals surface area contributed by atoms with Gasteiger partial charge in [-0.05, 0) is 174 Å². The zero-order chi connectivity index (χ0) is 70.0. The van der Waals surface area contributed by atoms with Crippen LogP contribution in [-0.2, 0) is 38.9 Å². The summed E-state index contributed by atoms with van der Waals surface area (Å²) in [7, 11) is 1.36. The number of nitriles is 1. The summed E-state index contributed by atoms with van der Waals surface area (Å²) < 4.78 is 15.4. The summed E-state index contributed by atoms with van der Waals surface area (Å²) in [5.74, 6) is -7.01. The molecule has 1 saturated carbocycles. The van der Waals surface area contributed by atoms with E-state index in [4.69, 9.17) is 19.4 Å². The second kappa shape index (κ2) is 31.9. The van der Waals surface area contributed by atoms with Crippen LogP contribution in [0.25, 0.3) is 49.7 Å². The van der Waals surface area contributed by atoms with Crippen molar-refractivity contribution in [2.24, 2.45) is 40.7 Å². The van der Waals surface area contributed by atoms with Crippen molar-refractivity contribution in [3.05, 3.63) is 154 Å². The van der Waals surface area contributed by atoms with Gasteiger partial charge in [-0.25, -0.2) is 9.59 Å². The van der Waals surface area contributed by atoms with E-state index in [9.17, 15) is 49.5 Å². The molecule has 6 aromatic rings. The smallest absolute Gasteiger partial charge is 0.334 e. The number of para-hydroxylation sites is 1. The van der Waals surface area contributed by atoms with E-state index in [-0.39, 0.29) is 60.8 Å². The molecule has 5 heterocycles. The number of carbonyl (C=O) groups is 5. The van der Waals surface area contributed by atoms with Crippen LogP contribution in [0.15, 0.2) is 143 Å². The molecule has 3 aromatic carbocycles. The number of benzene rings is 3. The highest BCUT2D eigenvalue weighted by atomic mass is 16.5. The van der Waals surface area contributed by atoms with Gasteiger partial charge >= 0.3 is 11.7 Å². The summed E-state index contributed by atoms with van der Waals surface area (Å²) in [6, 6.07) is 23.7. The van der Waals surface area contributed by atoms with Gasteiger partial charge in [0.15, 0.2) is 5.78 Å². The highest BCUT2D eigenvalue weighted by Gasteiger charge is 2.50. The van der Waals surface area contributed by atoms with Crippen molar-refractivity contribution < 1.29 is 48.8 Å². The first kappa shape index (κ1) is 72.8.